The summed E-state index contributed by atoms with van der Waals surface area (Å²) in [6.45, 7) is 4.14. The van der Waals surface area contributed by atoms with Gasteiger partial charge in [-0.15, -0.1) is 0 Å². The molecular weight excluding hydrogens is 196 g/mol. The Morgan fingerprint density at radius 3 is 2.47 bits per heavy atom. The summed E-state index contributed by atoms with van der Waals surface area (Å²) < 4.78 is 25.9. The molecule has 3 heteroatoms. The minimum Gasteiger partial charge on any atom is -0.327 e. The molecule has 0 saturated carbocycles. The van der Waals surface area contributed by atoms with Crippen molar-refractivity contribution in [3.8, 4) is 0 Å². The van der Waals surface area contributed by atoms with Crippen molar-refractivity contribution in [2.45, 2.75) is 32.7 Å². The van der Waals surface area contributed by atoms with Crippen molar-refractivity contribution >= 4 is 0 Å². The van der Waals surface area contributed by atoms with E-state index in [4.69, 9.17) is 5.73 Å². The summed E-state index contributed by atoms with van der Waals surface area (Å²) in [4.78, 5) is 0. The summed E-state index contributed by atoms with van der Waals surface area (Å²) in [7, 11) is 0. The fraction of sp³-hybridized carbons (Fsp3) is 0.500. The molecule has 0 amide bonds. The van der Waals surface area contributed by atoms with Gasteiger partial charge in [0.2, 0.25) is 0 Å². The number of nitrogens with two attached hydrogens (primary N) is 1. The smallest absolute Gasteiger partial charge is 0.129 e. The van der Waals surface area contributed by atoms with Crippen LogP contribution in [0.1, 0.15) is 25.8 Å². The average molecular weight is 213 g/mol. The molecule has 1 aromatic carbocycles. The molecule has 0 saturated heterocycles. The maximum absolute atomic E-state index is 13.3. The predicted molar refractivity (Wildman–Crippen MR) is 57.5 cm³/mol. The lowest BCUT2D eigenvalue weighted by atomic mass is 9.98. The summed E-state index contributed by atoms with van der Waals surface area (Å²) in [5, 5.41) is 0. The van der Waals surface area contributed by atoms with Crippen LogP contribution in [0.5, 0.6) is 0 Å². The molecule has 0 aliphatic carbocycles. The van der Waals surface area contributed by atoms with Gasteiger partial charge in [0.05, 0.1) is 0 Å². The lowest BCUT2D eigenvalue weighted by molar-refractivity contribution is 0.483. The van der Waals surface area contributed by atoms with E-state index in [0.717, 1.165) is 12.5 Å². The van der Waals surface area contributed by atoms with E-state index in [1.165, 1.54) is 12.1 Å². The SMILES string of the molecule is CC(C)CC(N)Cc1ccc(F)cc1F. The Morgan fingerprint density at radius 1 is 1.27 bits per heavy atom. The highest BCUT2D eigenvalue weighted by molar-refractivity contribution is 5.19. The van der Waals surface area contributed by atoms with E-state index in [0.29, 0.717) is 17.9 Å². The standard InChI is InChI=1S/C12H17F2N/c1-8(2)5-11(15)6-9-3-4-10(13)7-12(9)14/h3-4,7-8,11H,5-6,15H2,1-2H3. The van der Waals surface area contributed by atoms with E-state index < -0.39 is 11.6 Å². The van der Waals surface area contributed by atoms with E-state index in [-0.39, 0.29) is 6.04 Å². The van der Waals surface area contributed by atoms with Crippen molar-refractivity contribution in [3.63, 3.8) is 0 Å². The Bertz CT molecular complexity index is 323. The normalized spacial score (nSPS) is 13.2. The Balaban J connectivity index is 2.64. The molecular formula is C12H17F2N. The Morgan fingerprint density at radius 2 is 1.93 bits per heavy atom. The predicted octanol–water partition coefficient (Wildman–Crippen LogP) is 2.88. The topological polar surface area (TPSA) is 26.0 Å². The second-order valence-electron chi connectivity index (χ2n) is 4.33. The van der Waals surface area contributed by atoms with Crippen LogP contribution in [0.3, 0.4) is 0 Å². The summed E-state index contributed by atoms with van der Waals surface area (Å²) in [6.07, 6.45) is 1.31. The molecule has 0 aromatic heterocycles. The van der Waals surface area contributed by atoms with Gasteiger partial charge in [-0.1, -0.05) is 19.9 Å². The largest absolute Gasteiger partial charge is 0.327 e. The first-order valence-electron chi connectivity index (χ1n) is 5.18. The zero-order valence-electron chi connectivity index (χ0n) is 9.13. The third-order valence-electron chi connectivity index (χ3n) is 2.27. The van der Waals surface area contributed by atoms with Gasteiger partial charge >= 0.3 is 0 Å². The van der Waals surface area contributed by atoms with Gasteiger partial charge in [0.1, 0.15) is 11.6 Å². The first-order chi connectivity index (χ1) is 6.99. The van der Waals surface area contributed by atoms with Gasteiger partial charge in [0.15, 0.2) is 0 Å². The highest BCUT2D eigenvalue weighted by atomic mass is 19.1. The van der Waals surface area contributed by atoms with Crippen LogP contribution < -0.4 is 5.73 Å². The first kappa shape index (κ1) is 12.1. The van der Waals surface area contributed by atoms with Crippen molar-refractivity contribution in [1.29, 1.82) is 0 Å². The lowest BCUT2D eigenvalue weighted by Gasteiger charge is -2.14. The van der Waals surface area contributed by atoms with Crippen LogP contribution in [0, 0.1) is 17.6 Å². The molecule has 1 rings (SSSR count). The molecule has 1 nitrogen and oxygen atoms in total. The molecule has 1 aromatic rings. The third kappa shape index (κ3) is 3.96. The van der Waals surface area contributed by atoms with Crippen LogP contribution in [-0.4, -0.2) is 6.04 Å². The highest BCUT2D eigenvalue weighted by Crippen LogP contribution is 2.14. The van der Waals surface area contributed by atoms with Gasteiger partial charge in [-0.2, -0.15) is 0 Å². The van der Waals surface area contributed by atoms with Crippen molar-refractivity contribution in [2.24, 2.45) is 11.7 Å². The minimum atomic E-state index is -0.548. The zero-order chi connectivity index (χ0) is 11.4. The Labute approximate surface area is 89.3 Å². The van der Waals surface area contributed by atoms with E-state index in [1.54, 1.807) is 0 Å². The molecule has 0 bridgehead atoms. The van der Waals surface area contributed by atoms with Crippen molar-refractivity contribution in [3.05, 3.63) is 35.4 Å². The van der Waals surface area contributed by atoms with Crippen LogP contribution in [0.4, 0.5) is 8.78 Å². The molecule has 0 fully saturated rings. The molecule has 0 aliphatic rings. The van der Waals surface area contributed by atoms with Gasteiger partial charge in [-0.05, 0) is 30.4 Å². The van der Waals surface area contributed by atoms with Crippen LogP contribution in [0.15, 0.2) is 18.2 Å². The van der Waals surface area contributed by atoms with Gasteiger partial charge in [0.25, 0.3) is 0 Å². The number of hydrogen-bond acceptors (Lipinski definition) is 1. The monoisotopic (exact) mass is 213 g/mol. The highest BCUT2D eigenvalue weighted by Gasteiger charge is 2.10. The summed E-state index contributed by atoms with van der Waals surface area (Å²) >= 11 is 0. The number of halogens is 2. The first-order valence-corrected chi connectivity index (χ1v) is 5.18. The molecule has 1 unspecified atom stereocenters. The molecule has 2 N–H and O–H groups in total. The average Bonchev–Trinajstić information content (AvgIpc) is 2.08. The number of hydrogen-bond donors (Lipinski definition) is 1. The van der Waals surface area contributed by atoms with E-state index in [2.05, 4.69) is 13.8 Å². The van der Waals surface area contributed by atoms with E-state index >= 15 is 0 Å². The molecule has 0 radical (unpaired) electrons. The van der Waals surface area contributed by atoms with Crippen LogP contribution >= 0.6 is 0 Å². The molecule has 15 heavy (non-hydrogen) atoms. The van der Waals surface area contributed by atoms with Crippen LogP contribution in [-0.2, 0) is 6.42 Å². The molecule has 0 aliphatic heterocycles. The van der Waals surface area contributed by atoms with Gasteiger partial charge < -0.3 is 5.73 Å². The fourth-order valence-corrected chi connectivity index (χ4v) is 1.66. The molecule has 1 atom stereocenters. The van der Waals surface area contributed by atoms with E-state index in [1.807, 2.05) is 0 Å². The number of benzene rings is 1. The summed E-state index contributed by atoms with van der Waals surface area (Å²) in [6, 6.07) is 3.56. The summed E-state index contributed by atoms with van der Waals surface area (Å²) in [5.74, 6) is -0.564. The van der Waals surface area contributed by atoms with Crippen LogP contribution in [0.25, 0.3) is 0 Å². The zero-order valence-corrected chi connectivity index (χ0v) is 9.13. The number of rotatable bonds is 4. The maximum atomic E-state index is 13.3. The fourth-order valence-electron chi connectivity index (χ4n) is 1.66. The Kier molecular flexibility index (Phi) is 4.21. The van der Waals surface area contributed by atoms with Crippen molar-refractivity contribution < 1.29 is 8.78 Å². The molecule has 0 spiro atoms. The second-order valence-corrected chi connectivity index (χ2v) is 4.33. The quantitative estimate of drug-likeness (QED) is 0.817. The lowest BCUT2D eigenvalue weighted by Crippen LogP contribution is -2.25. The second kappa shape index (κ2) is 5.21. The van der Waals surface area contributed by atoms with Crippen LogP contribution in [0.2, 0.25) is 0 Å². The Hall–Kier alpha value is -0.960. The van der Waals surface area contributed by atoms with Crippen molar-refractivity contribution in [1.82, 2.24) is 0 Å². The van der Waals surface area contributed by atoms with E-state index in [9.17, 15) is 8.78 Å². The molecule has 84 valence electrons. The van der Waals surface area contributed by atoms with Gasteiger partial charge in [0, 0.05) is 12.1 Å². The van der Waals surface area contributed by atoms with Crippen molar-refractivity contribution in [2.75, 3.05) is 0 Å². The minimum absolute atomic E-state index is 0.0649. The van der Waals surface area contributed by atoms with Gasteiger partial charge in [-0.25, -0.2) is 8.78 Å². The van der Waals surface area contributed by atoms with Gasteiger partial charge in [-0.3, -0.25) is 0 Å². The third-order valence-corrected chi connectivity index (χ3v) is 2.27. The summed E-state index contributed by atoms with van der Waals surface area (Å²) in [5.41, 5.74) is 6.34. The maximum Gasteiger partial charge on any atom is 0.129 e. The molecule has 0 heterocycles.